The van der Waals surface area contributed by atoms with Crippen LogP contribution in [-0.4, -0.2) is 0 Å². The molecular formula is C15H11ClF2N2. The Kier molecular flexibility index (Phi) is 4.21. The molecule has 1 N–H and O–H groups in total. The minimum absolute atomic E-state index is 0.0398. The molecule has 0 unspecified atom stereocenters. The van der Waals surface area contributed by atoms with Crippen molar-refractivity contribution < 1.29 is 8.78 Å². The van der Waals surface area contributed by atoms with E-state index in [9.17, 15) is 8.78 Å². The number of hydrogen-bond donors (Lipinski definition) is 1. The summed E-state index contributed by atoms with van der Waals surface area (Å²) in [5.74, 6) is -0.977. The number of rotatable bonds is 3. The monoisotopic (exact) mass is 292 g/mol. The lowest BCUT2D eigenvalue weighted by Gasteiger charge is -2.11. The number of hydrogen-bond acceptors (Lipinski definition) is 2. The second-order valence-corrected chi connectivity index (χ2v) is 4.72. The van der Waals surface area contributed by atoms with E-state index >= 15 is 0 Å². The van der Waals surface area contributed by atoms with Gasteiger partial charge >= 0.3 is 0 Å². The SMILES string of the molecule is Cc1c(F)cc(C#N)cc1NCc1cccc(Cl)c1F. The van der Waals surface area contributed by atoms with Gasteiger partial charge in [-0.15, -0.1) is 0 Å². The van der Waals surface area contributed by atoms with Crippen LogP contribution in [0.3, 0.4) is 0 Å². The van der Waals surface area contributed by atoms with E-state index in [4.69, 9.17) is 16.9 Å². The number of nitrogens with zero attached hydrogens (tertiary/aromatic N) is 1. The summed E-state index contributed by atoms with van der Waals surface area (Å²) in [5, 5.41) is 11.8. The van der Waals surface area contributed by atoms with Gasteiger partial charge in [0.15, 0.2) is 0 Å². The molecule has 0 aliphatic heterocycles. The van der Waals surface area contributed by atoms with E-state index in [0.717, 1.165) is 0 Å². The van der Waals surface area contributed by atoms with E-state index in [1.54, 1.807) is 19.1 Å². The van der Waals surface area contributed by atoms with Crippen LogP contribution in [0.4, 0.5) is 14.5 Å². The van der Waals surface area contributed by atoms with Gasteiger partial charge in [0.05, 0.1) is 16.7 Å². The van der Waals surface area contributed by atoms with Crippen LogP contribution in [0.1, 0.15) is 16.7 Å². The van der Waals surface area contributed by atoms with E-state index in [2.05, 4.69) is 5.32 Å². The lowest BCUT2D eigenvalue weighted by Crippen LogP contribution is -2.05. The van der Waals surface area contributed by atoms with Crippen molar-refractivity contribution in [3.8, 4) is 6.07 Å². The average molecular weight is 293 g/mol. The number of nitriles is 1. The van der Waals surface area contributed by atoms with Gasteiger partial charge in [-0.25, -0.2) is 8.78 Å². The zero-order valence-corrected chi connectivity index (χ0v) is 11.4. The van der Waals surface area contributed by atoms with Crippen LogP contribution in [0, 0.1) is 29.9 Å². The Hall–Kier alpha value is -2.12. The molecule has 0 aliphatic carbocycles. The number of nitrogens with one attached hydrogen (secondary N) is 1. The highest BCUT2D eigenvalue weighted by molar-refractivity contribution is 6.30. The highest BCUT2D eigenvalue weighted by Crippen LogP contribution is 2.23. The molecule has 0 saturated heterocycles. The Morgan fingerprint density at radius 2 is 2.05 bits per heavy atom. The van der Waals surface area contributed by atoms with Crippen molar-refractivity contribution in [1.29, 1.82) is 5.26 Å². The molecule has 0 spiro atoms. The largest absolute Gasteiger partial charge is 0.381 e. The number of halogens is 3. The van der Waals surface area contributed by atoms with Crippen molar-refractivity contribution in [2.75, 3.05) is 5.32 Å². The van der Waals surface area contributed by atoms with Crippen LogP contribution < -0.4 is 5.32 Å². The first kappa shape index (κ1) is 14.3. The Balaban J connectivity index is 2.25. The molecule has 0 amide bonds. The fourth-order valence-corrected chi connectivity index (χ4v) is 2.00. The minimum atomic E-state index is -0.503. The zero-order valence-electron chi connectivity index (χ0n) is 10.7. The fraction of sp³-hybridized carbons (Fsp3) is 0.133. The summed E-state index contributed by atoms with van der Waals surface area (Å²) in [4.78, 5) is 0. The molecule has 0 aromatic heterocycles. The van der Waals surface area contributed by atoms with E-state index < -0.39 is 11.6 Å². The number of anilines is 1. The maximum Gasteiger partial charge on any atom is 0.146 e. The Morgan fingerprint density at radius 1 is 1.30 bits per heavy atom. The van der Waals surface area contributed by atoms with Crippen molar-refractivity contribution >= 4 is 17.3 Å². The zero-order chi connectivity index (χ0) is 14.7. The van der Waals surface area contributed by atoms with Gasteiger partial charge in [0, 0.05) is 23.4 Å². The van der Waals surface area contributed by atoms with Gasteiger partial charge in [-0.3, -0.25) is 0 Å². The predicted octanol–water partition coefficient (Wildman–Crippen LogP) is 4.41. The van der Waals surface area contributed by atoms with Crippen LogP contribution in [0.5, 0.6) is 0 Å². The highest BCUT2D eigenvalue weighted by atomic mass is 35.5. The first-order valence-electron chi connectivity index (χ1n) is 5.90. The first-order valence-corrected chi connectivity index (χ1v) is 6.27. The van der Waals surface area contributed by atoms with E-state index in [1.165, 1.54) is 18.2 Å². The third-order valence-electron chi connectivity index (χ3n) is 2.97. The summed E-state index contributed by atoms with van der Waals surface area (Å²) >= 11 is 5.69. The third-order valence-corrected chi connectivity index (χ3v) is 3.27. The normalized spacial score (nSPS) is 10.2. The second kappa shape index (κ2) is 5.89. The summed E-state index contributed by atoms with van der Waals surface area (Å²) in [6.45, 7) is 1.74. The van der Waals surface area contributed by atoms with E-state index in [1.807, 2.05) is 6.07 Å². The van der Waals surface area contributed by atoms with Crippen LogP contribution in [-0.2, 0) is 6.54 Å². The fourth-order valence-electron chi connectivity index (χ4n) is 1.80. The summed E-state index contributed by atoms with van der Waals surface area (Å²) in [6, 6.07) is 9.27. The average Bonchev–Trinajstić information content (AvgIpc) is 2.44. The van der Waals surface area contributed by atoms with Gasteiger partial charge in [0.25, 0.3) is 0 Å². The van der Waals surface area contributed by atoms with Crippen LogP contribution in [0.2, 0.25) is 5.02 Å². The highest BCUT2D eigenvalue weighted by Gasteiger charge is 2.09. The van der Waals surface area contributed by atoms with Crippen molar-refractivity contribution in [3.63, 3.8) is 0 Å². The van der Waals surface area contributed by atoms with Gasteiger partial charge in [-0.05, 0) is 25.1 Å². The molecule has 0 fully saturated rings. The third kappa shape index (κ3) is 2.89. The summed E-state index contributed by atoms with van der Waals surface area (Å²) in [5.41, 5.74) is 1.43. The Labute approximate surface area is 120 Å². The van der Waals surface area contributed by atoms with Crippen LogP contribution >= 0.6 is 11.6 Å². The van der Waals surface area contributed by atoms with Gasteiger partial charge in [-0.2, -0.15) is 5.26 Å². The molecule has 2 aromatic rings. The van der Waals surface area contributed by atoms with Crippen molar-refractivity contribution in [1.82, 2.24) is 0 Å². The lowest BCUT2D eigenvalue weighted by atomic mass is 10.1. The van der Waals surface area contributed by atoms with Gasteiger partial charge in [0.2, 0.25) is 0 Å². The second-order valence-electron chi connectivity index (χ2n) is 4.31. The quantitative estimate of drug-likeness (QED) is 0.909. The molecular weight excluding hydrogens is 282 g/mol. The molecule has 2 nitrogen and oxygen atoms in total. The molecule has 0 atom stereocenters. The predicted molar refractivity (Wildman–Crippen MR) is 74.6 cm³/mol. The van der Waals surface area contributed by atoms with Crippen molar-refractivity contribution in [3.05, 3.63) is 63.7 Å². The molecule has 0 aliphatic rings. The molecule has 5 heteroatoms. The molecule has 0 radical (unpaired) electrons. The van der Waals surface area contributed by atoms with Gasteiger partial charge in [0.1, 0.15) is 11.6 Å². The molecule has 2 aromatic carbocycles. The molecule has 20 heavy (non-hydrogen) atoms. The Bertz CT molecular complexity index is 693. The van der Waals surface area contributed by atoms with Crippen molar-refractivity contribution in [2.24, 2.45) is 0 Å². The summed E-state index contributed by atoms with van der Waals surface area (Å²) in [7, 11) is 0. The first-order chi connectivity index (χ1) is 9.52. The molecule has 2 rings (SSSR count). The smallest absolute Gasteiger partial charge is 0.146 e. The molecule has 0 bridgehead atoms. The van der Waals surface area contributed by atoms with Crippen molar-refractivity contribution in [2.45, 2.75) is 13.5 Å². The van der Waals surface area contributed by atoms with Gasteiger partial charge < -0.3 is 5.32 Å². The molecule has 0 saturated carbocycles. The lowest BCUT2D eigenvalue weighted by molar-refractivity contribution is 0.612. The van der Waals surface area contributed by atoms with Crippen LogP contribution in [0.15, 0.2) is 30.3 Å². The maximum absolute atomic E-state index is 13.7. The maximum atomic E-state index is 13.7. The number of benzene rings is 2. The summed E-state index contributed by atoms with van der Waals surface area (Å²) < 4.78 is 27.3. The molecule has 0 heterocycles. The van der Waals surface area contributed by atoms with E-state index in [-0.39, 0.29) is 17.1 Å². The molecule has 102 valence electrons. The minimum Gasteiger partial charge on any atom is -0.381 e. The van der Waals surface area contributed by atoms with Crippen LogP contribution in [0.25, 0.3) is 0 Å². The summed E-state index contributed by atoms with van der Waals surface area (Å²) in [6.07, 6.45) is 0. The topological polar surface area (TPSA) is 35.8 Å². The van der Waals surface area contributed by atoms with Gasteiger partial charge in [-0.1, -0.05) is 23.7 Å². The standard InChI is InChI=1S/C15H11ClF2N2/c1-9-13(17)5-10(7-19)6-14(9)20-8-11-3-2-4-12(16)15(11)18/h2-6,20H,8H2,1H3. The van der Waals surface area contributed by atoms with E-state index in [0.29, 0.717) is 16.8 Å². The Morgan fingerprint density at radius 3 is 2.75 bits per heavy atom.